The molecule has 11 rings (SSSR count). The first-order valence-corrected chi connectivity index (χ1v) is 35.5. The number of hydrogen-bond acceptors (Lipinski definition) is 33. The summed E-state index contributed by atoms with van der Waals surface area (Å²) in [6.07, 6.45) is -40.6. The Morgan fingerprint density at radius 2 is 1.14 bits per heavy atom. The first-order valence-electron chi connectivity index (χ1n) is 35.5. The summed E-state index contributed by atoms with van der Waals surface area (Å²) in [6, 6.07) is 0. The summed E-state index contributed by atoms with van der Waals surface area (Å²) < 4.78 is 96.6. The van der Waals surface area contributed by atoms with E-state index in [1.54, 1.807) is 0 Å². The van der Waals surface area contributed by atoms with Crippen molar-refractivity contribution in [3.63, 3.8) is 0 Å². The zero-order valence-electron chi connectivity index (χ0n) is 58.9. The van der Waals surface area contributed by atoms with Gasteiger partial charge in [-0.1, -0.05) is 53.2 Å². The van der Waals surface area contributed by atoms with Crippen molar-refractivity contribution in [2.45, 2.75) is 310 Å². The van der Waals surface area contributed by atoms with Crippen LogP contribution in [-0.4, -0.2) is 319 Å². The van der Waals surface area contributed by atoms with Crippen molar-refractivity contribution >= 4 is 17.9 Å². The number of carbonyl (C=O) groups is 3. The predicted molar refractivity (Wildman–Crippen MR) is 336 cm³/mol. The summed E-state index contributed by atoms with van der Waals surface area (Å²) in [7, 11) is 1.20. The fourth-order valence-corrected chi connectivity index (χ4v) is 19.2. The number of cyclic esters (lactones) is 1. The van der Waals surface area contributed by atoms with E-state index >= 15 is 4.79 Å². The summed E-state index contributed by atoms with van der Waals surface area (Å²) in [6.45, 7) is 15.6. The Balaban J connectivity index is 0.822. The van der Waals surface area contributed by atoms with E-state index in [9.17, 15) is 81.1 Å². The van der Waals surface area contributed by atoms with E-state index in [2.05, 4.69) is 47.6 Å². The molecule has 0 aromatic heterocycles. The molecule has 14 N–H and O–H groups in total. The van der Waals surface area contributed by atoms with Gasteiger partial charge in [0, 0.05) is 21.0 Å². The van der Waals surface area contributed by atoms with Crippen molar-refractivity contribution in [2.75, 3.05) is 40.1 Å². The van der Waals surface area contributed by atoms with E-state index in [4.69, 9.17) is 75.8 Å². The highest BCUT2D eigenvalue weighted by atomic mass is 16.8. The van der Waals surface area contributed by atoms with Gasteiger partial charge in [0.25, 0.3) is 0 Å². The third kappa shape index (κ3) is 14.1. The lowest BCUT2D eigenvalue weighted by atomic mass is 9.41. The molecule has 0 amide bonds. The molecule has 4 aliphatic carbocycles. The summed E-state index contributed by atoms with van der Waals surface area (Å²) >= 11 is 0. The van der Waals surface area contributed by atoms with Crippen molar-refractivity contribution in [1.82, 2.24) is 0 Å². The average molecular weight is 1450 g/mol. The molecule has 33 heteroatoms. The molecule has 0 aromatic rings. The first kappa shape index (κ1) is 79.1. The Labute approximate surface area is 585 Å². The predicted octanol–water partition coefficient (Wildman–Crippen LogP) is -3.30. The molecule has 7 aliphatic heterocycles. The van der Waals surface area contributed by atoms with Crippen LogP contribution in [0.3, 0.4) is 0 Å². The maximum Gasteiger partial charge on any atom is 0.314 e. The number of fused-ring (bicyclic) bond motifs is 4. The van der Waals surface area contributed by atoms with Gasteiger partial charge >= 0.3 is 17.9 Å². The van der Waals surface area contributed by atoms with E-state index in [1.165, 1.54) is 33.5 Å². The van der Waals surface area contributed by atoms with Crippen LogP contribution in [-0.2, 0) is 90.2 Å². The van der Waals surface area contributed by atoms with Crippen LogP contribution >= 0.6 is 0 Å². The minimum atomic E-state index is -2.02. The van der Waals surface area contributed by atoms with Gasteiger partial charge in [-0.3, -0.25) is 14.4 Å². The number of aliphatic hydroxyl groups is 14. The van der Waals surface area contributed by atoms with Crippen LogP contribution in [0.1, 0.15) is 121 Å². The lowest BCUT2D eigenvalue weighted by molar-refractivity contribution is -0.390. The standard InChI is InChI=1S/C68H108O33/c1-26(2)12-15-40(92-29(5)72)67(10)56-33(91-28(4)71)20-66(9)31-13-14-38-64(6,7)39(17-18-65(38,8)30(31)16-19-68(56,66)63(85)101-67)97-62-55(44(77)37(25-89-62)95-57-47(80)42(75)36(24-88-57)96-60-48(81)45(78)41(74)34(21-69)93-60)100-59-49(82)46(79)52(27(3)90-59)98-58-50(83)53(32(73)23-87-58)99-61-51(84)54(86-11)43(76)35(22-70)94-61/h16,26-27,31-62,69-70,73-84H,12-15,17-25H2,1-11H3. The second-order valence-electron chi connectivity index (χ2n) is 31.4. The molecular weight excluding hydrogens is 1340 g/mol. The highest BCUT2D eigenvalue weighted by Crippen LogP contribution is 2.76. The quantitative estimate of drug-likeness (QED) is 0.0232. The van der Waals surface area contributed by atoms with Crippen molar-refractivity contribution in [3.8, 4) is 0 Å². The number of rotatable bonds is 21. The normalized spacial score (nSPS) is 50.8. The maximum atomic E-state index is 15.1. The van der Waals surface area contributed by atoms with Crippen molar-refractivity contribution in [1.29, 1.82) is 0 Å². The fraction of sp³-hybridized carbons (Fsp3) is 0.926. The van der Waals surface area contributed by atoms with Crippen molar-refractivity contribution < 1.29 is 162 Å². The fourth-order valence-electron chi connectivity index (χ4n) is 19.2. The Bertz CT molecular complexity index is 2890. The molecule has 37 unspecified atom stereocenters. The monoisotopic (exact) mass is 1450 g/mol. The zero-order chi connectivity index (χ0) is 73.7. The SMILES string of the molecule is COC1C(O)C(CO)OC(OC2C(O)COC(OC3C(C)OC(OC4C(OC5CCC6(C)C7=CCC89C(=O)OC(C)(C(CCC(C)C)OC(C)=O)C8C(OC(C)=O)CC9(C)C7CCC6C5(C)C)OCC(OC5OCC(OC6OC(CO)C(O)C(O)C6O)C(O)C5O)C4O)C(O)C3O)C2O)C1O. The number of esters is 3. The molecule has 37 atom stereocenters. The number of aliphatic hydroxyl groups excluding tert-OH is 14. The highest BCUT2D eigenvalue weighted by molar-refractivity contribution is 5.84. The average Bonchev–Trinajstić information content (AvgIpc) is 1.51. The zero-order valence-corrected chi connectivity index (χ0v) is 58.9. The van der Waals surface area contributed by atoms with Crippen LogP contribution in [0, 0.1) is 45.3 Å². The van der Waals surface area contributed by atoms with Gasteiger partial charge < -0.3 is 147 Å². The largest absolute Gasteiger partial charge is 0.462 e. The van der Waals surface area contributed by atoms with Crippen LogP contribution in [0.4, 0.5) is 0 Å². The van der Waals surface area contributed by atoms with E-state index < -0.39 is 268 Å². The number of ether oxygens (including phenoxy) is 16. The third-order valence-electron chi connectivity index (χ3n) is 24.5. The lowest BCUT2D eigenvalue weighted by Crippen LogP contribution is -2.66. The van der Waals surface area contributed by atoms with Gasteiger partial charge in [0.2, 0.25) is 0 Å². The van der Waals surface area contributed by atoms with Crippen LogP contribution < -0.4 is 0 Å². The molecule has 3 saturated carbocycles. The molecule has 0 bridgehead atoms. The second-order valence-corrected chi connectivity index (χ2v) is 31.4. The molecule has 578 valence electrons. The lowest BCUT2D eigenvalue weighted by Gasteiger charge is -2.63. The van der Waals surface area contributed by atoms with E-state index in [-0.39, 0.29) is 24.2 Å². The van der Waals surface area contributed by atoms with E-state index in [1.807, 2.05) is 6.92 Å². The van der Waals surface area contributed by atoms with Gasteiger partial charge in [0.1, 0.15) is 134 Å². The molecule has 1 spiro atoms. The molecular formula is C68H108O33. The summed E-state index contributed by atoms with van der Waals surface area (Å²) in [5.41, 5.74) is -3.28. The van der Waals surface area contributed by atoms with Gasteiger partial charge in [-0.05, 0) is 99.2 Å². The molecule has 33 nitrogen and oxygen atoms in total. The minimum Gasteiger partial charge on any atom is -0.462 e. The van der Waals surface area contributed by atoms with E-state index in [0.29, 0.717) is 44.9 Å². The summed E-state index contributed by atoms with van der Waals surface area (Å²) in [5, 5.41) is 154. The number of hydrogen-bond donors (Lipinski definition) is 14. The van der Waals surface area contributed by atoms with Crippen LogP contribution in [0.25, 0.3) is 0 Å². The summed E-state index contributed by atoms with van der Waals surface area (Å²) in [4.78, 5) is 41.0. The van der Waals surface area contributed by atoms with Crippen molar-refractivity contribution in [3.05, 3.63) is 11.6 Å². The van der Waals surface area contributed by atoms with Gasteiger partial charge in [-0.15, -0.1) is 0 Å². The third-order valence-corrected chi connectivity index (χ3v) is 24.5. The molecule has 7 saturated heterocycles. The second kappa shape index (κ2) is 30.6. The van der Waals surface area contributed by atoms with Gasteiger partial charge in [-0.25, -0.2) is 0 Å². The number of methoxy groups -OCH3 is 1. The highest BCUT2D eigenvalue weighted by Gasteiger charge is 2.81. The van der Waals surface area contributed by atoms with Crippen LogP contribution in [0.15, 0.2) is 11.6 Å². The topological polar surface area (TPSA) is 482 Å². The molecule has 7 heterocycles. The molecule has 0 radical (unpaired) electrons. The van der Waals surface area contributed by atoms with Crippen LogP contribution in [0.5, 0.6) is 0 Å². The molecule has 101 heavy (non-hydrogen) atoms. The van der Waals surface area contributed by atoms with Crippen LogP contribution in [0.2, 0.25) is 0 Å². The minimum absolute atomic E-state index is 0.0922. The smallest absolute Gasteiger partial charge is 0.314 e. The number of allylic oxidation sites excluding steroid dienone is 2. The summed E-state index contributed by atoms with van der Waals surface area (Å²) in [5.74, 6) is -2.11. The first-order chi connectivity index (χ1) is 47.5. The van der Waals surface area contributed by atoms with Crippen molar-refractivity contribution in [2.24, 2.45) is 45.3 Å². The Kier molecular flexibility index (Phi) is 24.0. The Morgan fingerprint density at radius 3 is 1.78 bits per heavy atom. The van der Waals surface area contributed by atoms with Gasteiger partial charge in [-0.2, -0.15) is 0 Å². The molecule has 0 aromatic carbocycles. The molecule has 10 fully saturated rings. The van der Waals surface area contributed by atoms with Gasteiger partial charge in [0.05, 0.1) is 56.6 Å². The van der Waals surface area contributed by atoms with Gasteiger partial charge in [0.15, 0.2) is 43.3 Å². The Hall–Kier alpha value is -2.93. The maximum absolute atomic E-state index is 15.1. The van der Waals surface area contributed by atoms with E-state index in [0.717, 1.165) is 0 Å². The number of carbonyl (C=O) groups excluding carboxylic acids is 3. The molecule has 11 aliphatic rings. The Morgan fingerprint density at radius 1 is 0.574 bits per heavy atom.